The van der Waals surface area contributed by atoms with Gasteiger partial charge in [-0.1, -0.05) is 72.8 Å². The summed E-state index contributed by atoms with van der Waals surface area (Å²) in [6, 6.07) is 32.8. The fraction of sp³-hybridized carbons (Fsp3) is 0.350. The van der Waals surface area contributed by atoms with Crippen LogP contribution < -0.4 is 0 Å². The molecule has 6 heteroatoms. The highest BCUT2D eigenvalue weighted by atomic mass is 16.6. The molecular formula is C40H38N2O4. The van der Waals surface area contributed by atoms with Gasteiger partial charge in [-0.05, 0) is 77.1 Å². The van der Waals surface area contributed by atoms with Crippen LogP contribution in [-0.4, -0.2) is 86.8 Å². The predicted octanol–water partition coefficient (Wildman–Crippen LogP) is 6.65. The second kappa shape index (κ2) is 11.0. The maximum absolute atomic E-state index is 5.64. The van der Waals surface area contributed by atoms with E-state index in [0.29, 0.717) is 24.4 Å². The highest BCUT2D eigenvalue weighted by Crippen LogP contribution is 2.44. The van der Waals surface area contributed by atoms with Crippen molar-refractivity contribution in [2.75, 3.05) is 52.7 Å². The summed E-state index contributed by atoms with van der Waals surface area (Å²) >= 11 is 0. The van der Waals surface area contributed by atoms with Gasteiger partial charge in [-0.25, -0.2) is 0 Å². The first-order valence-electron chi connectivity index (χ1n) is 16.8. The van der Waals surface area contributed by atoms with Crippen molar-refractivity contribution in [3.8, 4) is 0 Å². The molecule has 0 radical (unpaired) electrons. The Kier molecular flexibility index (Phi) is 6.56. The van der Waals surface area contributed by atoms with Crippen LogP contribution >= 0.6 is 0 Å². The van der Waals surface area contributed by atoms with Gasteiger partial charge in [0, 0.05) is 32.7 Å². The molecule has 6 aromatic rings. The maximum atomic E-state index is 5.64. The normalized spacial score (nSPS) is 22.5. The molecule has 6 nitrogen and oxygen atoms in total. The second-order valence-corrected chi connectivity index (χ2v) is 13.8. The minimum atomic E-state index is 0.359. The third kappa shape index (κ3) is 5.05. The number of rotatable bonds is 11. The molecule has 3 unspecified atom stereocenters. The summed E-state index contributed by atoms with van der Waals surface area (Å²) in [4.78, 5) is 5.08. The molecule has 4 heterocycles. The molecule has 0 aliphatic carbocycles. The van der Waals surface area contributed by atoms with Crippen molar-refractivity contribution >= 4 is 53.9 Å². The Hall–Kier alpha value is -3.62. The molecule has 0 saturated carbocycles. The van der Waals surface area contributed by atoms with Crippen molar-refractivity contribution in [2.45, 2.75) is 37.4 Å². The average Bonchev–Trinajstić information content (AvgIpc) is 3.89. The molecule has 4 fully saturated rings. The van der Waals surface area contributed by atoms with Gasteiger partial charge in [0.2, 0.25) is 0 Å². The molecule has 0 aromatic heterocycles. The first-order valence-corrected chi connectivity index (χ1v) is 16.8. The summed E-state index contributed by atoms with van der Waals surface area (Å²) in [5, 5.41) is 13.3. The molecular weight excluding hydrogens is 572 g/mol. The molecule has 10 rings (SSSR count). The van der Waals surface area contributed by atoms with Crippen molar-refractivity contribution in [2.24, 2.45) is 0 Å². The smallest absolute Gasteiger partial charge is 0.0936 e. The maximum Gasteiger partial charge on any atom is 0.0936 e. The van der Waals surface area contributed by atoms with Crippen LogP contribution in [0.5, 0.6) is 0 Å². The summed E-state index contributed by atoms with van der Waals surface area (Å²) in [6.07, 6.45) is 1.08. The minimum absolute atomic E-state index is 0.359. The lowest BCUT2D eigenvalue weighted by atomic mass is 9.86. The Morgan fingerprint density at radius 2 is 0.935 bits per heavy atom. The van der Waals surface area contributed by atoms with Crippen LogP contribution in [0, 0.1) is 0 Å². The third-order valence-electron chi connectivity index (χ3n) is 10.4. The molecule has 0 spiro atoms. The Morgan fingerprint density at radius 3 is 1.41 bits per heavy atom. The Balaban J connectivity index is 1.18. The SMILES string of the molecule is c1ccc2c(c1)c1ccc(CN(CC3CO3)C3COC3)cc1c1c3ccccc3c3ccc(CN(CC4CO4)CC4CO4)cc3c21. The van der Waals surface area contributed by atoms with Gasteiger partial charge in [0.25, 0.3) is 0 Å². The summed E-state index contributed by atoms with van der Waals surface area (Å²) in [7, 11) is 0. The van der Waals surface area contributed by atoms with Crippen molar-refractivity contribution in [1.29, 1.82) is 0 Å². The quantitative estimate of drug-likeness (QED) is 0.121. The van der Waals surface area contributed by atoms with Gasteiger partial charge in [0.1, 0.15) is 0 Å². The molecule has 232 valence electrons. The highest BCUT2D eigenvalue weighted by Gasteiger charge is 2.33. The molecule has 4 aliphatic rings. The van der Waals surface area contributed by atoms with E-state index in [4.69, 9.17) is 18.9 Å². The molecule has 0 N–H and O–H groups in total. The minimum Gasteiger partial charge on any atom is -0.378 e. The fourth-order valence-electron chi connectivity index (χ4n) is 7.79. The fourth-order valence-corrected chi connectivity index (χ4v) is 7.79. The molecule has 0 amide bonds. The van der Waals surface area contributed by atoms with E-state index in [9.17, 15) is 0 Å². The lowest BCUT2D eigenvalue weighted by Gasteiger charge is -2.37. The van der Waals surface area contributed by atoms with Gasteiger partial charge < -0.3 is 18.9 Å². The zero-order valence-electron chi connectivity index (χ0n) is 26.0. The zero-order valence-corrected chi connectivity index (χ0v) is 26.0. The van der Waals surface area contributed by atoms with Crippen molar-refractivity contribution < 1.29 is 18.9 Å². The average molecular weight is 611 g/mol. The van der Waals surface area contributed by atoms with Crippen LogP contribution in [0.3, 0.4) is 0 Å². The Bertz CT molecular complexity index is 2120. The standard InChI is InChI=1S/C40H38N2O4/c1-4-8-36-31(5-1)33-11-9-25(15-41(17-28-22-44-28)18-29-23-45-29)13-37(33)39-35-7-3-2-6-32(35)34-12-10-26(14-38(34)40(36)39)16-42(19-30-24-46-30)27-20-43-21-27/h1-14,27-30H,15-24H2. The monoisotopic (exact) mass is 610 g/mol. The number of epoxide rings is 3. The summed E-state index contributed by atoms with van der Waals surface area (Å²) in [5.74, 6) is 0. The molecule has 3 atom stereocenters. The van der Waals surface area contributed by atoms with E-state index in [2.05, 4.69) is 94.7 Å². The van der Waals surface area contributed by atoms with E-state index < -0.39 is 0 Å². The number of ether oxygens (including phenoxy) is 4. The summed E-state index contributed by atoms with van der Waals surface area (Å²) < 4.78 is 22.5. The van der Waals surface area contributed by atoms with Crippen LogP contribution in [0.1, 0.15) is 11.1 Å². The summed E-state index contributed by atoms with van der Waals surface area (Å²) in [6.45, 7) is 8.93. The predicted molar refractivity (Wildman–Crippen MR) is 183 cm³/mol. The number of benzene rings is 6. The van der Waals surface area contributed by atoms with Crippen LogP contribution in [0.25, 0.3) is 53.9 Å². The number of fused-ring (bicyclic) bond motifs is 11. The molecule has 0 bridgehead atoms. The highest BCUT2D eigenvalue weighted by molar-refractivity contribution is 6.39. The van der Waals surface area contributed by atoms with Gasteiger partial charge in [0.15, 0.2) is 0 Å². The largest absolute Gasteiger partial charge is 0.378 e. The van der Waals surface area contributed by atoms with Crippen LogP contribution in [0.4, 0.5) is 0 Å². The van der Waals surface area contributed by atoms with Gasteiger partial charge in [-0.15, -0.1) is 0 Å². The third-order valence-corrected chi connectivity index (χ3v) is 10.4. The van der Waals surface area contributed by atoms with Gasteiger partial charge in [-0.3, -0.25) is 9.80 Å². The van der Waals surface area contributed by atoms with Gasteiger partial charge >= 0.3 is 0 Å². The molecule has 46 heavy (non-hydrogen) atoms. The van der Waals surface area contributed by atoms with E-state index in [-0.39, 0.29) is 0 Å². The molecule has 6 aromatic carbocycles. The van der Waals surface area contributed by atoms with E-state index in [0.717, 1.165) is 65.8 Å². The lowest BCUT2D eigenvalue weighted by Crippen LogP contribution is -2.49. The van der Waals surface area contributed by atoms with E-state index in [1.165, 1.54) is 65.0 Å². The Morgan fingerprint density at radius 1 is 0.478 bits per heavy atom. The second-order valence-electron chi connectivity index (χ2n) is 13.8. The van der Waals surface area contributed by atoms with Crippen molar-refractivity contribution in [1.82, 2.24) is 9.80 Å². The van der Waals surface area contributed by atoms with E-state index in [1.54, 1.807) is 0 Å². The Labute approximate surface area is 268 Å². The molecule has 4 aliphatic heterocycles. The number of nitrogens with zero attached hydrogens (tertiary/aromatic N) is 2. The van der Waals surface area contributed by atoms with Crippen LogP contribution in [0.15, 0.2) is 84.9 Å². The van der Waals surface area contributed by atoms with E-state index >= 15 is 0 Å². The van der Waals surface area contributed by atoms with Gasteiger partial charge in [-0.2, -0.15) is 0 Å². The van der Waals surface area contributed by atoms with Crippen molar-refractivity contribution in [3.05, 3.63) is 96.1 Å². The number of hydrogen-bond donors (Lipinski definition) is 0. The van der Waals surface area contributed by atoms with Crippen LogP contribution in [0.2, 0.25) is 0 Å². The summed E-state index contributed by atoms with van der Waals surface area (Å²) in [5.41, 5.74) is 2.68. The molecule has 4 saturated heterocycles. The first kappa shape index (κ1) is 27.5. The first-order chi connectivity index (χ1) is 22.7. The van der Waals surface area contributed by atoms with Crippen LogP contribution in [-0.2, 0) is 32.0 Å². The topological polar surface area (TPSA) is 53.3 Å². The van der Waals surface area contributed by atoms with Crippen molar-refractivity contribution in [3.63, 3.8) is 0 Å². The zero-order chi connectivity index (χ0) is 30.2. The van der Waals surface area contributed by atoms with E-state index in [1.807, 2.05) is 0 Å². The van der Waals surface area contributed by atoms with Gasteiger partial charge in [0.05, 0.1) is 57.4 Å². The number of hydrogen-bond acceptors (Lipinski definition) is 6. The lowest BCUT2D eigenvalue weighted by molar-refractivity contribution is -0.0694.